The molecule has 1 amide bonds. The van der Waals surface area contributed by atoms with Crippen LogP contribution in [0, 0.1) is 12.7 Å². The van der Waals surface area contributed by atoms with E-state index >= 15 is 0 Å². The molecule has 0 bridgehead atoms. The van der Waals surface area contributed by atoms with Crippen LogP contribution < -0.4 is 9.21 Å². The minimum atomic E-state index is -4.01. The highest BCUT2D eigenvalue weighted by Crippen LogP contribution is 2.26. The third-order valence-corrected chi connectivity index (χ3v) is 7.87. The van der Waals surface area contributed by atoms with Crippen molar-refractivity contribution in [1.29, 1.82) is 0 Å². The monoisotopic (exact) mass is 501 g/mol. The smallest absolute Gasteiger partial charge is 0.264 e. The molecule has 9 heteroatoms. The van der Waals surface area contributed by atoms with Crippen LogP contribution in [0.2, 0.25) is 5.02 Å². The number of hydrogen-bond acceptors (Lipinski definition) is 4. The fourth-order valence-electron chi connectivity index (χ4n) is 3.89. The summed E-state index contributed by atoms with van der Waals surface area (Å²) in [5.74, 6) is -0.617. The lowest BCUT2D eigenvalue weighted by atomic mass is 10.2. The molecule has 0 aromatic heterocycles. The van der Waals surface area contributed by atoms with E-state index in [4.69, 9.17) is 11.6 Å². The number of hydrogen-bond donors (Lipinski definition) is 0. The maximum atomic E-state index is 14.1. The minimum absolute atomic E-state index is 0.0506. The zero-order chi connectivity index (χ0) is 24.3. The number of aryl methyl sites for hydroxylation is 1. The van der Waals surface area contributed by atoms with Crippen LogP contribution in [0.5, 0.6) is 0 Å². The number of amides is 1. The number of halogens is 2. The number of nitrogens with zero attached hydrogens (tertiary/aromatic N) is 3. The van der Waals surface area contributed by atoms with Crippen molar-refractivity contribution in [2.24, 2.45) is 0 Å². The predicted molar refractivity (Wildman–Crippen MR) is 132 cm³/mol. The Kier molecular flexibility index (Phi) is 7.09. The van der Waals surface area contributed by atoms with E-state index in [2.05, 4.69) is 0 Å². The van der Waals surface area contributed by atoms with Crippen molar-refractivity contribution in [2.75, 3.05) is 41.9 Å². The molecule has 0 unspecified atom stereocenters. The average molecular weight is 502 g/mol. The quantitative estimate of drug-likeness (QED) is 0.504. The summed E-state index contributed by atoms with van der Waals surface area (Å²) in [7, 11) is -4.01. The molecular weight excluding hydrogens is 477 g/mol. The second kappa shape index (κ2) is 10.0. The van der Waals surface area contributed by atoms with Gasteiger partial charge >= 0.3 is 0 Å². The van der Waals surface area contributed by atoms with Gasteiger partial charge in [0.25, 0.3) is 10.0 Å². The van der Waals surface area contributed by atoms with E-state index in [1.54, 1.807) is 47.4 Å². The molecule has 34 heavy (non-hydrogen) atoms. The van der Waals surface area contributed by atoms with Gasteiger partial charge in [-0.25, -0.2) is 12.8 Å². The van der Waals surface area contributed by atoms with Gasteiger partial charge in [0.05, 0.1) is 16.3 Å². The van der Waals surface area contributed by atoms with Crippen LogP contribution in [-0.2, 0) is 14.8 Å². The van der Waals surface area contributed by atoms with Gasteiger partial charge < -0.3 is 9.80 Å². The molecule has 6 nitrogen and oxygen atoms in total. The van der Waals surface area contributed by atoms with Crippen LogP contribution in [0.15, 0.2) is 77.7 Å². The molecule has 1 aliphatic rings. The largest absolute Gasteiger partial charge is 0.366 e. The minimum Gasteiger partial charge on any atom is -0.366 e. The zero-order valence-electron chi connectivity index (χ0n) is 18.7. The lowest BCUT2D eigenvalue weighted by molar-refractivity contribution is -0.129. The van der Waals surface area contributed by atoms with Crippen LogP contribution in [0.4, 0.5) is 15.8 Å². The molecule has 1 aliphatic heterocycles. The van der Waals surface area contributed by atoms with Crippen LogP contribution in [0.25, 0.3) is 0 Å². The highest BCUT2D eigenvalue weighted by atomic mass is 35.5. The number of sulfonamides is 1. The number of piperazine rings is 1. The van der Waals surface area contributed by atoms with Gasteiger partial charge in [-0.15, -0.1) is 0 Å². The Balaban J connectivity index is 1.54. The van der Waals surface area contributed by atoms with E-state index in [-0.39, 0.29) is 23.2 Å². The fraction of sp³-hybridized carbons (Fsp3) is 0.240. The second-order valence-corrected chi connectivity index (χ2v) is 10.4. The first-order valence-corrected chi connectivity index (χ1v) is 12.7. The summed E-state index contributed by atoms with van der Waals surface area (Å²) < 4.78 is 42.2. The number of para-hydroxylation sites is 1. The number of carbonyl (C=O) groups is 1. The predicted octanol–water partition coefficient (Wildman–Crippen LogP) is 4.33. The normalized spacial score (nSPS) is 14.2. The molecule has 178 valence electrons. The van der Waals surface area contributed by atoms with E-state index in [1.807, 2.05) is 11.8 Å². The molecule has 1 saturated heterocycles. The summed E-state index contributed by atoms with van der Waals surface area (Å²) >= 11 is 5.93. The van der Waals surface area contributed by atoms with Crippen LogP contribution in [-0.4, -0.2) is 51.9 Å². The summed E-state index contributed by atoms with van der Waals surface area (Å²) in [4.78, 5) is 16.8. The molecule has 1 heterocycles. The Hall–Kier alpha value is -3.10. The van der Waals surface area contributed by atoms with Crippen molar-refractivity contribution in [2.45, 2.75) is 11.8 Å². The molecule has 1 fully saturated rings. The first kappa shape index (κ1) is 24.0. The first-order valence-electron chi connectivity index (χ1n) is 10.9. The molecule has 4 rings (SSSR count). The van der Waals surface area contributed by atoms with E-state index in [0.29, 0.717) is 42.6 Å². The molecule has 0 radical (unpaired) electrons. The molecule has 0 atom stereocenters. The highest BCUT2D eigenvalue weighted by molar-refractivity contribution is 7.92. The van der Waals surface area contributed by atoms with E-state index in [9.17, 15) is 17.6 Å². The molecule has 0 saturated carbocycles. The summed E-state index contributed by atoms with van der Waals surface area (Å²) in [6, 6.07) is 19.4. The third-order valence-electron chi connectivity index (χ3n) is 5.83. The maximum absolute atomic E-state index is 14.1. The first-order chi connectivity index (χ1) is 16.3. The Labute approximate surface area is 204 Å². The number of carbonyl (C=O) groups excluding carboxylic acids is 1. The highest BCUT2D eigenvalue weighted by Gasteiger charge is 2.30. The fourth-order valence-corrected chi connectivity index (χ4v) is 5.43. The molecule has 0 aliphatic carbocycles. The lowest BCUT2D eigenvalue weighted by Crippen LogP contribution is -2.52. The van der Waals surface area contributed by atoms with Crippen molar-refractivity contribution >= 4 is 38.9 Å². The Morgan fingerprint density at radius 3 is 2.18 bits per heavy atom. The van der Waals surface area contributed by atoms with Gasteiger partial charge in [-0.3, -0.25) is 9.10 Å². The standard InChI is InChI=1S/C25H25ClFN3O3S/c1-19-6-10-21(11-7-19)30(34(32,33)22-12-8-20(26)9-13-22)18-25(31)29-16-14-28(15-17-29)24-5-3-2-4-23(24)27/h2-13H,14-18H2,1H3. The summed E-state index contributed by atoms with van der Waals surface area (Å²) in [6.07, 6.45) is 0. The van der Waals surface area contributed by atoms with Crippen molar-refractivity contribution < 1.29 is 17.6 Å². The second-order valence-electron chi connectivity index (χ2n) is 8.12. The van der Waals surface area contributed by atoms with Gasteiger partial charge in [-0.1, -0.05) is 41.4 Å². The van der Waals surface area contributed by atoms with Crippen LogP contribution in [0.1, 0.15) is 5.56 Å². The van der Waals surface area contributed by atoms with Gasteiger partial charge in [-0.2, -0.15) is 0 Å². The SMILES string of the molecule is Cc1ccc(N(CC(=O)N2CCN(c3ccccc3F)CC2)S(=O)(=O)c2ccc(Cl)cc2)cc1. The van der Waals surface area contributed by atoms with E-state index < -0.39 is 10.0 Å². The van der Waals surface area contributed by atoms with E-state index in [0.717, 1.165) is 9.87 Å². The molecule has 0 N–H and O–H groups in total. The Morgan fingerprint density at radius 2 is 1.56 bits per heavy atom. The van der Waals surface area contributed by atoms with Gasteiger partial charge in [0.15, 0.2) is 0 Å². The molecule has 0 spiro atoms. The van der Waals surface area contributed by atoms with Crippen LogP contribution >= 0.6 is 11.6 Å². The summed E-state index contributed by atoms with van der Waals surface area (Å²) in [5.41, 5.74) is 1.88. The van der Waals surface area contributed by atoms with Crippen LogP contribution in [0.3, 0.4) is 0 Å². The van der Waals surface area contributed by atoms with E-state index in [1.165, 1.54) is 30.3 Å². The van der Waals surface area contributed by atoms with Crippen molar-refractivity contribution in [1.82, 2.24) is 4.90 Å². The third kappa shape index (κ3) is 5.18. The van der Waals surface area contributed by atoms with Crippen molar-refractivity contribution in [3.8, 4) is 0 Å². The Bertz CT molecular complexity index is 1260. The lowest BCUT2D eigenvalue weighted by Gasteiger charge is -2.37. The van der Waals surface area contributed by atoms with Gasteiger partial charge in [0.1, 0.15) is 12.4 Å². The van der Waals surface area contributed by atoms with Gasteiger partial charge in [0, 0.05) is 31.2 Å². The number of anilines is 2. The maximum Gasteiger partial charge on any atom is 0.264 e. The Morgan fingerprint density at radius 1 is 0.941 bits per heavy atom. The number of benzene rings is 3. The molecule has 3 aromatic carbocycles. The average Bonchev–Trinajstić information content (AvgIpc) is 2.84. The van der Waals surface area contributed by atoms with Crippen molar-refractivity contribution in [3.05, 3.63) is 89.2 Å². The number of rotatable bonds is 6. The summed E-state index contributed by atoms with van der Waals surface area (Å²) in [5, 5.41) is 0.421. The van der Waals surface area contributed by atoms with Gasteiger partial charge in [0.2, 0.25) is 5.91 Å². The summed E-state index contributed by atoms with van der Waals surface area (Å²) in [6.45, 7) is 3.23. The zero-order valence-corrected chi connectivity index (χ0v) is 20.3. The van der Waals surface area contributed by atoms with Gasteiger partial charge in [-0.05, 0) is 55.5 Å². The molecule has 3 aromatic rings. The van der Waals surface area contributed by atoms with Crippen molar-refractivity contribution in [3.63, 3.8) is 0 Å². The topological polar surface area (TPSA) is 60.9 Å². The molecular formula is C25H25ClFN3O3S.